The van der Waals surface area contributed by atoms with Crippen molar-refractivity contribution >= 4 is 17.4 Å². The second-order valence-corrected chi connectivity index (χ2v) is 3.23. The van der Waals surface area contributed by atoms with E-state index >= 15 is 0 Å². The molecule has 1 aromatic carbocycles. The quantitative estimate of drug-likeness (QED) is 0.556. The molecule has 0 N–H and O–H groups in total. The maximum Gasteiger partial charge on any atom is 0.293 e. The molecule has 0 radical (unpaired) electrons. The number of benzene rings is 1. The minimum absolute atomic E-state index is 0.125. The maximum absolute atomic E-state index is 11.9. The van der Waals surface area contributed by atoms with Gasteiger partial charge in [-0.15, -0.1) is 0 Å². The minimum atomic E-state index is -0.125. The van der Waals surface area contributed by atoms with Gasteiger partial charge in [0.2, 0.25) is 0 Å². The summed E-state index contributed by atoms with van der Waals surface area (Å²) < 4.78 is 5.96. The molecule has 16 heavy (non-hydrogen) atoms. The monoisotopic (exact) mass is 218 g/mol. The van der Waals surface area contributed by atoms with Gasteiger partial charge in [-0.05, 0) is 12.1 Å². The van der Waals surface area contributed by atoms with Gasteiger partial charge in [0.25, 0.3) is 12.0 Å². The van der Waals surface area contributed by atoms with Crippen molar-refractivity contribution in [3.05, 3.63) is 40.9 Å². The van der Waals surface area contributed by atoms with Crippen LogP contribution in [-0.2, 0) is 16.1 Å². The van der Waals surface area contributed by atoms with Crippen molar-refractivity contribution in [1.29, 1.82) is 0 Å². The maximum atomic E-state index is 11.9. The van der Waals surface area contributed by atoms with Crippen molar-refractivity contribution < 1.29 is 9.53 Å². The fourth-order valence-electron chi connectivity index (χ4n) is 1.46. The first kappa shape index (κ1) is 10.4. The van der Waals surface area contributed by atoms with E-state index in [9.17, 15) is 9.59 Å². The van der Waals surface area contributed by atoms with E-state index in [0.717, 1.165) is 0 Å². The van der Waals surface area contributed by atoms with Crippen LogP contribution < -0.4 is 5.56 Å². The average molecular weight is 218 g/mol. The van der Waals surface area contributed by atoms with Crippen LogP contribution in [0.2, 0.25) is 0 Å². The van der Waals surface area contributed by atoms with Gasteiger partial charge in [-0.3, -0.25) is 14.2 Å². The number of para-hydroxylation sites is 1. The smallest absolute Gasteiger partial charge is 0.293 e. The Labute approximate surface area is 91.3 Å². The molecule has 0 aliphatic rings. The van der Waals surface area contributed by atoms with Crippen LogP contribution in [0.3, 0.4) is 0 Å². The van der Waals surface area contributed by atoms with Gasteiger partial charge < -0.3 is 4.74 Å². The van der Waals surface area contributed by atoms with Gasteiger partial charge in [0.1, 0.15) is 6.61 Å². The zero-order valence-corrected chi connectivity index (χ0v) is 8.50. The molecular formula is C11H10N2O3. The lowest BCUT2D eigenvalue weighted by Crippen LogP contribution is -2.22. The largest absolute Gasteiger partial charge is 0.466 e. The minimum Gasteiger partial charge on any atom is -0.466 e. The zero-order valence-electron chi connectivity index (χ0n) is 8.50. The number of nitrogens with zero attached hydrogens (tertiary/aromatic N) is 2. The van der Waals surface area contributed by atoms with Crippen molar-refractivity contribution in [2.75, 3.05) is 6.61 Å². The highest BCUT2D eigenvalue weighted by Gasteiger charge is 2.02. The Bertz CT molecular complexity index is 562. The Morgan fingerprint density at radius 2 is 2.19 bits per heavy atom. The normalized spacial score (nSPS) is 10.2. The van der Waals surface area contributed by atoms with Crippen molar-refractivity contribution in [3.8, 4) is 0 Å². The molecule has 82 valence electrons. The summed E-state index contributed by atoms with van der Waals surface area (Å²) >= 11 is 0. The molecule has 0 bridgehead atoms. The second-order valence-electron chi connectivity index (χ2n) is 3.23. The molecule has 0 aliphatic heterocycles. The van der Waals surface area contributed by atoms with Gasteiger partial charge in [-0.1, -0.05) is 12.1 Å². The summed E-state index contributed by atoms with van der Waals surface area (Å²) in [6, 6.07) is 7.12. The number of carbonyl (C=O) groups is 1. The summed E-state index contributed by atoms with van der Waals surface area (Å²) in [5.74, 6) is 0. The Morgan fingerprint density at radius 1 is 1.38 bits per heavy atom. The number of rotatable bonds is 4. The second kappa shape index (κ2) is 4.57. The Hall–Kier alpha value is -2.17. The Kier molecular flexibility index (Phi) is 2.95. The lowest BCUT2D eigenvalue weighted by Gasteiger charge is -2.05. The lowest BCUT2D eigenvalue weighted by atomic mass is 10.2. The van der Waals surface area contributed by atoms with Gasteiger partial charge in [0, 0.05) is 0 Å². The molecule has 1 heterocycles. The van der Waals surface area contributed by atoms with E-state index in [4.69, 9.17) is 0 Å². The van der Waals surface area contributed by atoms with E-state index in [-0.39, 0.29) is 12.2 Å². The molecule has 5 heteroatoms. The average Bonchev–Trinajstić information content (AvgIpc) is 2.33. The summed E-state index contributed by atoms with van der Waals surface area (Å²) in [5.41, 5.74) is 0.542. The summed E-state index contributed by atoms with van der Waals surface area (Å²) in [5, 5.41) is 0.566. The predicted octanol–water partition coefficient (Wildman–Crippen LogP) is 0.570. The number of hydrogen-bond acceptors (Lipinski definition) is 4. The summed E-state index contributed by atoms with van der Waals surface area (Å²) in [7, 11) is 0. The van der Waals surface area contributed by atoms with Gasteiger partial charge in [0.05, 0.1) is 23.8 Å². The fraction of sp³-hybridized carbons (Fsp3) is 0.182. The third kappa shape index (κ3) is 1.93. The van der Waals surface area contributed by atoms with Gasteiger partial charge in [-0.2, -0.15) is 0 Å². The molecule has 0 saturated heterocycles. The number of carbonyl (C=O) groups excluding carboxylic acids is 1. The Morgan fingerprint density at radius 3 is 3.00 bits per heavy atom. The fourth-order valence-corrected chi connectivity index (χ4v) is 1.46. The van der Waals surface area contributed by atoms with Crippen LogP contribution in [0, 0.1) is 0 Å². The molecule has 1 aromatic heterocycles. The van der Waals surface area contributed by atoms with E-state index in [2.05, 4.69) is 9.72 Å². The molecule has 0 unspecified atom stereocenters. The van der Waals surface area contributed by atoms with Gasteiger partial charge in [-0.25, -0.2) is 4.98 Å². The van der Waals surface area contributed by atoms with E-state index in [1.54, 1.807) is 18.2 Å². The summed E-state index contributed by atoms with van der Waals surface area (Å²) in [4.78, 5) is 26.0. The molecule has 0 atom stereocenters. The van der Waals surface area contributed by atoms with Crippen LogP contribution in [-0.4, -0.2) is 22.6 Å². The first-order valence-corrected chi connectivity index (χ1v) is 4.82. The molecular weight excluding hydrogens is 208 g/mol. The third-order valence-electron chi connectivity index (χ3n) is 2.25. The molecule has 2 rings (SSSR count). The molecule has 0 saturated carbocycles. The number of fused-ring (bicyclic) bond motifs is 1. The lowest BCUT2D eigenvalue weighted by molar-refractivity contribution is -0.128. The molecule has 0 amide bonds. The molecule has 2 aromatic rings. The van der Waals surface area contributed by atoms with Crippen LogP contribution in [0.4, 0.5) is 0 Å². The van der Waals surface area contributed by atoms with Crippen molar-refractivity contribution in [2.24, 2.45) is 0 Å². The van der Waals surface area contributed by atoms with E-state index in [1.807, 2.05) is 6.07 Å². The van der Waals surface area contributed by atoms with Gasteiger partial charge >= 0.3 is 0 Å². The van der Waals surface area contributed by atoms with Crippen LogP contribution in [0.1, 0.15) is 0 Å². The highest BCUT2D eigenvalue weighted by molar-refractivity contribution is 5.76. The zero-order chi connectivity index (χ0) is 11.4. The predicted molar refractivity (Wildman–Crippen MR) is 58.0 cm³/mol. The van der Waals surface area contributed by atoms with E-state index in [0.29, 0.717) is 23.9 Å². The highest BCUT2D eigenvalue weighted by Crippen LogP contribution is 2.04. The topological polar surface area (TPSA) is 61.2 Å². The molecule has 0 fully saturated rings. The number of hydrogen-bond donors (Lipinski definition) is 0. The number of ether oxygens (including phenoxy) is 1. The summed E-state index contributed by atoms with van der Waals surface area (Å²) in [6.07, 6.45) is 1.46. The van der Waals surface area contributed by atoms with Crippen molar-refractivity contribution in [2.45, 2.75) is 6.54 Å². The Balaban J connectivity index is 2.37. The third-order valence-corrected chi connectivity index (χ3v) is 2.25. The summed E-state index contributed by atoms with van der Waals surface area (Å²) in [6.45, 7) is 0.846. The first-order valence-electron chi connectivity index (χ1n) is 4.82. The molecule has 0 spiro atoms. The SMILES string of the molecule is O=COCCn1cnc2ccccc2c1=O. The standard InChI is InChI=1S/C11H10N2O3/c14-8-16-6-5-13-7-12-10-4-2-1-3-9(10)11(13)15/h1-4,7-8H,5-6H2. The van der Waals surface area contributed by atoms with Crippen molar-refractivity contribution in [1.82, 2.24) is 9.55 Å². The number of aromatic nitrogens is 2. The molecule has 5 nitrogen and oxygen atoms in total. The van der Waals surface area contributed by atoms with E-state index in [1.165, 1.54) is 10.9 Å². The van der Waals surface area contributed by atoms with Crippen molar-refractivity contribution in [3.63, 3.8) is 0 Å². The van der Waals surface area contributed by atoms with Crippen LogP contribution >= 0.6 is 0 Å². The van der Waals surface area contributed by atoms with Crippen LogP contribution in [0.5, 0.6) is 0 Å². The van der Waals surface area contributed by atoms with Gasteiger partial charge in [0.15, 0.2) is 0 Å². The molecule has 0 aliphatic carbocycles. The first-order chi connectivity index (χ1) is 7.83. The highest BCUT2D eigenvalue weighted by atomic mass is 16.5. The van der Waals surface area contributed by atoms with E-state index < -0.39 is 0 Å². The van der Waals surface area contributed by atoms with Crippen LogP contribution in [0.15, 0.2) is 35.4 Å². The van der Waals surface area contributed by atoms with Crippen LogP contribution in [0.25, 0.3) is 10.9 Å².